The number of hydrogen-bond donors (Lipinski definition) is 2. The number of ether oxygens (including phenoxy) is 2. The number of aliphatic imine (C=N–C) groups is 1. The summed E-state index contributed by atoms with van der Waals surface area (Å²) in [6.07, 6.45) is 1.64. The van der Waals surface area contributed by atoms with E-state index in [1.165, 1.54) is 25.3 Å². The van der Waals surface area contributed by atoms with E-state index < -0.39 is 28.7 Å². The first-order valence-corrected chi connectivity index (χ1v) is 13.5. The Morgan fingerprint density at radius 3 is 2.29 bits per heavy atom. The normalized spacial score (nSPS) is 11.4. The number of halogens is 4. The molecule has 0 amide bonds. The zero-order valence-corrected chi connectivity index (χ0v) is 23.4. The average molecular weight is 588 g/mol. The first-order chi connectivity index (χ1) is 19.5. The van der Waals surface area contributed by atoms with Gasteiger partial charge in [0.15, 0.2) is 22.7 Å². The summed E-state index contributed by atoms with van der Waals surface area (Å²) in [4.78, 5) is 8.30. The second-order valence-corrected chi connectivity index (χ2v) is 10.5. The maximum absolute atomic E-state index is 14.9. The topological polar surface area (TPSA) is 101 Å². The van der Waals surface area contributed by atoms with E-state index in [1.807, 2.05) is 13.8 Å². The van der Waals surface area contributed by atoms with Crippen molar-refractivity contribution >= 4 is 17.7 Å². The van der Waals surface area contributed by atoms with E-state index in [0.29, 0.717) is 16.5 Å². The third-order valence-corrected chi connectivity index (χ3v) is 7.42. The fourth-order valence-electron chi connectivity index (χ4n) is 4.19. The molecule has 4 N–H and O–H groups in total. The molecule has 1 heterocycles. The molecule has 0 spiro atoms. The van der Waals surface area contributed by atoms with Crippen LogP contribution in [0, 0.1) is 23.3 Å². The van der Waals surface area contributed by atoms with E-state index in [1.54, 1.807) is 35.0 Å². The first kappa shape index (κ1) is 29.8. The summed E-state index contributed by atoms with van der Waals surface area (Å²) in [6.45, 7) is 4.03. The minimum absolute atomic E-state index is 0.00566. The molecule has 0 aliphatic carbocycles. The van der Waals surface area contributed by atoms with Gasteiger partial charge in [0.05, 0.1) is 25.5 Å². The zero-order chi connectivity index (χ0) is 29.7. The molecule has 216 valence electrons. The molecule has 0 aliphatic rings. The number of benzene rings is 3. The summed E-state index contributed by atoms with van der Waals surface area (Å²) in [5, 5.41) is 0.421. The molecule has 4 aromatic rings. The van der Waals surface area contributed by atoms with Gasteiger partial charge in [-0.25, -0.2) is 22.5 Å². The van der Waals surface area contributed by atoms with Gasteiger partial charge in [0.1, 0.15) is 29.8 Å². The number of thioether (sulfide) groups is 1. The Hall–Kier alpha value is -4.19. The third kappa shape index (κ3) is 6.76. The summed E-state index contributed by atoms with van der Waals surface area (Å²) in [7, 11) is 1.39. The van der Waals surface area contributed by atoms with Gasteiger partial charge >= 0.3 is 0 Å². The lowest BCUT2D eigenvalue weighted by atomic mass is 9.81. The molecule has 0 bridgehead atoms. The second-order valence-electron chi connectivity index (χ2n) is 9.52. The Kier molecular flexibility index (Phi) is 9.11. The molecule has 0 aliphatic heterocycles. The number of methoxy groups -OCH3 is 1. The molecule has 0 radical (unpaired) electrons. The molecule has 0 saturated carbocycles. The van der Waals surface area contributed by atoms with E-state index >= 15 is 0 Å². The minimum Gasteiger partial charge on any atom is -0.494 e. The Balaban J connectivity index is 1.66. The van der Waals surface area contributed by atoms with Crippen LogP contribution in [0.25, 0.3) is 5.69 Å². The summed E-state index contributed by atoms with van der Waals surface area (Å²) in [6, 6.07) is 12.6. The molecular weight excluding hydrogens is 558 g/mol. The third-order valence-electron chi connectivity index (χ3n) is 6.44. The molecule has 12 heteroatoms. The van der Waals surface area contributed by atoms with Crippen LogP contribution in [-0.2, 0) is 11.2 Å². The molecule has 7 nitrogen and oxygen atoms in total. The van der Waals surface area contributed by atoms with Gasteiger partial charge in [0.2, 0.25) is 0 Å². The summed E-state index contributed by atoms with van der Waals surface area (Å²) in [5.74, 6) is -2.59. The average Bonchev–Trinajstić information content (AvgIpc) is 3.36. The smallest absolute Gasteiger partial charge is 0.186 e. The predicted molar refractivity (Wildman–Crippen MR) is 151 cm³/mol. The van der Waals surface area contributed by atoms with Gasteiger partial charge in [0.25, 0.3) is 0 Å². The molecule has 0 saturated heterocycles. The van der Waals surface area contributed by atoms with Crippen molar-refractivity contribution in [3.05, 3.63) is 101 Å². The summed E-state index contributed by atoms with van der Waals surface area (Å²) >= 11 is 1.11. The number of hydrogen-bond acceptors (Lipinski definition) is 5. The molecule has 41 heavy (non-hydrogen) atoms. The lowest BCUT2D eigenvalue weighted by Crippen LogP contribution is -2.23. The molecule has 0 atom stereocenters. The Morgan fingerprint density at radius 1 is 0.976 bits per heavy atom. The first-order valence-electron chi connectivity index (χ1n) is 12.5. The van der Waals surface area contributed by atoms with Crippen molar-refractivity contribution < 1.29 is 27.0 Å². The molecule has 0 unspecified atom stereocenters. The van der Waals surface area contributed by atoms with Crippen LogP contribution in [0.4, 0.5) is 17.6 Å². The van der Waals surface area contributed by atoms with Crippen molar-refractivity contribution in [1.29, 1.82) is 0 Å². The second kappa shape index (κ2) is 12.5. The Labute approximate surface area is 239 Å². The number of nitrogens with two attached hydrogens (primary N) is 2. The van der Waals surface area contributed by atoms with E-state index in [0.717, 1.165) is 29.5 Å². The van der Waals surface area contributed by atoms with Crippen LogP contribution < -0.4 is 20.9 Å². The lowest BCUT2D eigenvalue weighted by Gasteiger charge is -2.28. The van der Waals surface area contributed by atoms with Gasteiger partial charge in [-0.2, -0.15) is 0 Å². The van der Waals surface area contributed by atoms with Gasteiger partial charge < -0.3 is 20.9 Å². The van der Waals surface area contributed by atoms with Crippen LogP contribution in [0.1, 0.15) is 30.7 Å². The Bertz CT molecular complexity index is 1530. The quantitative estimate of drug-likeness (QED) is 0.0767. The van der Waals surface area contributed by atoms with Crippen molar-refractivity contribution in [2.45, 2.75) is 30.2 Å². The number of aromatic nitrogens is 2. The summed E-state index contributed by atoms with van der Waals surface area (Å²) in [5.41, 5.74) is 11.6. The van der Waals surface area contributed by atoms with Gasteiger partial charge in [-0.05, 0) is 42.0 Å². The van der Waals surface area contributed by atoms with Gasteiger partial charge in [-0.15, -0.1) is 0 Å². The number of imidazole rings is 1. The minimum atomic E-state index is -0.784. The Morgan fingerprint density at radius 2 is 1.66 bits per heavy atom. The SMILES string of the molecule is COc1cc(C(C)(C)c2cnc(SCc3c(F)cc(OCCN=C(N)N)cc3F)n2-c2ccc(F)cc2)ccc1F. The van der Waals surface area contributed by atoms with Crippen molar-refractivity contribution in [1.82, 2.24) is 9.55 Å². The van der Waals surface area contributed by atoms with Crippen LogP contribution in [-0.4, -0.2) is 35.8 Å². The van der Waals surface area contributed by atoms with E-state index in [4.69, 9.17) is 20.9 Å². The van der Waals surface area contributed by atoms with E-state index in [-0.39, 0.29) is 41.9 Å². The number of nitrogens with zero attached hydrogens (tertiary/aromatic N) is 3. The monoisotopic (exact) mass is 587 g/mol. The van der Waals surface area contributed by atoms with Crippen LogP contribution in [0.2, 0.25) is 0 Å². The van der Waals surface area contributed by atoms with Gasteiger partial charge in [-0.3, -0.25) is 9.56 Å². The van der Waals surface area contributed by atoms with E-state index in [2.05, 4.69) is 9.98 Å². The van der Waals surface area contributed by atoms with Crippen LogP contribution >= 0.6 is 11.8 Å². The lowest BCUT2D eigenvalue weighted by molar-refractivity contribution is 0.324. The standard InChI is InChI=1S/C29H29F4N5O2S/c1-29(2,17-4-9-22(31)25(12-17)39-3)26-15-37-28(38(26)19-7-5-18(30)6-8-19)41-16-21-23(32)13-20(14-24(21)33)40-11-10-36-27(34)35/h4-9,12-15H,10-11,16H2,1-3H3,(H4,34,35,36). The largest absolute Gasteiger partial charge is 0.494 e. The van der Waals surface area contributed by atoms with Crippen LogP contribution in [0.3, 0.4) is 0 Å². The van der Waals surface area contributed by atoms with Gasteiger partial charge in [0, 0.05) is 34.6 Å². The predicted octanol–water partition coefficient (Wildman–Crippen LogP) is 5.71. The highest BCUT2D eigenvalue weighted by Crippen LogP contribution is 2.38. The number of guanidine groups is 1. The highest BCUT2D eigenvalue weighted by Gasteiger charge is 2.30. The number of rotatable bonds is 11. The fraction of sp³-hybridized carbons (Fsp3) is 0.241. The molecular formula is C29H29F4N5O2S. The van der Waals surface area contributed by atoms with Crippen molar-refractivity contribution in [2.24, 2.45) is 16.5 Å². The van der Waals surface area contributed by atoms with Gasteiger partial charge in [-0.1, -0.05) is 31.7 Å². The molecule has 0 fully saturated rings. The van der Waals surface area contributed by atoms with Crippen molar-refractivity contribution in [3.8, 4) is 17.2 Å². The van der Waals surface area contributed by atoms with Crippen LogP contribution in [0.15, 0.2) is 70.9 Å². The maximum atomic E-state index is 14.9. The van der Waals surface area contributed by atoms with Crippen molar-refractivity contribution in [3.63, 3.8) is 0 Å². The summed E-state index contributed by atoms with van der Waals surface area (Å²) < 4.78 is 70.1. The molecule has 4 rings (SSSR count). The fourth-order valence-corrected chi connectivity index (χ4v) is 5.20. The van der Waals surface area contributed by atoms with E-state index in [9.17, 15) is 17.6 Å². The molecule has 1 aromatic heterocycles. The molecule has 3 aromatic carbocycles. The maximum Gasteiger partial charge on any atom is 0.186 e. The van der Waals surface area contributed by atoms with Crippen molar-refractivity contribution in [2.75, 3.05) is 20.3 Å². The highest BCUT2D eigenvalue weighted by atomic mass is 32.2. The highest BCUT2D eigenvalue weighted by molar-refractivity contribution is 7.98. The van der Waals surface area contributed by atoms with Crippen LogP contribution in [0.5, 0.6) is 11.5 Å². The zero-order valence-electron chi connectivity index (χ0n) is 22.6.